The van der Waals surface area contributed by atoms with Crippen molar-refractivity contribution in [3.8, 4) is 0 Å². The summed E-state index contributed by atoms with van der Waals surface area (Å²) >= 11 is 0. The average Bonchev–Trinajstić information content (AvgIpc) is 2.95. The molecule has 0 unspecified atom stereocenters. The van der Waals surface area contributed by atoms with Crippen LogP contribution in [0.5, 0.6) is 0 Å². The smallest absolute Gasteiger partial charge is 0.328 e. The zero-order valence-electron chi connectivity index (χ0n) is 9.89. The SMILES string of the molecule is COC(=O)[C@@H]1C[C@@H](O)CN1C(=O)[C@@H]1CCCN1. The van der Waals surface area contributed by atoms with E-state index in [1.807, 2.05) is 0 Å². The second kappa shape index (κ2) is 5.01. The van der Waals surface area contributed by atoms with Crippen molar-refractivity contribution < 1.29 is 19.4 Å². The second-order valence-electron chi connectivity index (χ2n) is 4.57. The molecule has 2 fully saturated rings. The van der Waals surface area contributed by atoms with Crippen molar-refractivity contribution in [2.45, 2.75) is 37.5 Å². The van der Waals surface area contributed by atoms with Crippen molar-refractivity contribution in [2.24, 2.45) is 0 Å². The van der Waals surface area contributed by atoms with Crippen molar-refractivity contribution in [1.29, 1.82) is 0 Å². The van der Waals surface area contributed by atoms with Crippen LogP contribution < -0.4 is 5.32 Å². The Bertz CT molecular complexity index is 315. The van der Waals surface area contributed by atoms with Crippen molar-refractivity contribution in [3.05, 3.63) is 0 Å². The Labute approximate surface area is 99.9 Å². The molecule has 2 aliphatic heterocycles. The lowest BCUT2D eigenvalue weighted by Gasteiger charge is -2.25. The van der Waals surface area contributed by atoms with Crippen LogP contribution >= 0.6 is 0 Å². The Morgan fingerprint density at radius 1 is 1.47 bits per heavy atom. The molecule has 2 N–H and O–H groups in total. The minimum atomic E-state index is -0.635. The molecule has 0 aliphatic carbocycles. The Balaban J connectivity index is 2.06. The van der Waals surface area contributed by atoms with Crippen LogP contribution in [0.1, 0.15) is 19.3 Å². The van der Waals surface area contributed by atoms with Gasteiger partial charge in [0.2, 0.25) is 5.91 Å². The molecule has 0 spiro atoms. The summed E-state index contributed by atoms with van der Waals surface area (Å²) in [7, 11) is 1.30. The third kappa shape index (κ3) is 2.42. The van der Waals surface area contributed by atoms with Crippen LogP contribution in [0.3, 0.4) is 0 Å². The number of nitrogens with zero attached hydrogens (tertiary/aromatic N) is 1. The van der Waals surface area contributed by atoms with Gasteiger partial charge in [-0.15, -0.1) is 0 Å². The number of likely N-dealkylation sites (tertiary alicyclic amines) is 1. The summed E-state index contributed by atoms with van der Waals surface area (Å²) in [6.07, 6.45) is 1.39. The van der Waals surface area contributed by atoms with Gasteiger partial charge in [-0.2, -0.15) is 0 Å². The van der Waals surface area contributed by atoms with Crippen molar-refractivity contribution in [2.75, 3.05) is 20.2 Å². The van der Waals surface area contributed by atoms with Gasteiger partial charge in [-0.05, 0) is 19.4 Å². The van der Waals surface area contributed by atoms with Crippen LogP contribution in [0.25, 0.3) is 0 Å². The highest BCUT2D eigenvalue weighted by atomic mass is 16.5. The van der Waals surface area contributed by atoms with Crippen molar-refractivity contribution in [3.63, 3.8) is 0 Å². The van der Waals surface area contributed by atoms with Gasteiger partial charge in [0.25, 0.3) is 0 Å². The lowest BCUT2D eigenvalue weighted by atomic mass is 10.1. The van der Waals surface area contributed by atoms with Gasteiger partial charge in [0, 0.05) is 13.0 Å². The number of hydrogen-bond acceptors (Lipinski definition) is 5. The Kier molecular flexibility index (Phi) is 3.63. The molecule has 6 heteroatoms. The maximum absolute atomic E-state index is 12.2. The fourth-order valence-electron chi connectivity index (χ4n) is 2.51. The molecule has 0 aromatic heterocycles. The molecular weight excluding hydrogens is 224 g/mol. The average molecular weight is 242 g/mol. The van der Waals surface area contributed by atoms with Gasteiger partial charge in [-0.3, -0.25) is 4.79 Å². The summed E-state index contributed by atoms with van der Waals surface area (Å²) in [6, 6.07) is -0.850. The minimum Gasteiger partial charge on any atom is -0.467 e. The summed E-state index contributed by atoms with van der Waals surface area (Å²) < 4.78 is 4.66. The fraction of sp³-hybridized carbons (Fsp3) is 0.818. The Morgan fingerprint density at radius 3 is 2.82 bits per heavy atom. The minimum absolute atomic E-state index is 0.102. The van der Waals surface area contributed by atoms with E-state index in [0.29, 0.717) is 0 Å². The Hall–Kier alpha value is -1.14. The maximum atomic E-state index is 12.2. The van der Waals surface area contributed by atoms with Crippen LogP contribution in [0.15, 0.2) is 0 Å². The normalized spacial score (nSPS) is 32.8. The molecule has 0 radical (unpaired) electrons. The fourth-order valence-corrected chi connectivity index (χ4v) is 2.51. The molecule has 0 aromatic carbocycles. The summed E-state index contributed by atoms with van der Waals surface area (Å²) in [5.74, 6) is -0.553. The van der Waals surface area contributed by atoms with E-state index in [4.69, 9.17) is 0 Å². The summed E-state index contributed by atoms with van der Waals surface area (Å²) in [6.45, 7) is 1.05. The van der Waals surface area contributed by atoms with E-state index in [2.05, 4.69) is 10.1 Å². The largest absolute Gasteiger partial charge is 0.467 e. The highest BCUT2D eigenvalue weighted by Gasteiger charge is 2.42. The third-order valence-corrected chi connectivity index (χ3v) is 3.39. The van der Waals surface area contributed by atoms with E-state index in [1.165, 1.54) is 12.0 Å². The first-order chi connectivity index (χ1) is 8.13. The van der Waals surface area contributed by atoms with Gasteiger partial charge in [-0.25, -0.2) is 4.79 Å². The molecule has 0 saturated carbocycles. The van der Waals surface area contributed by atoms with Gasteiger partial charge >= 0.3 is 5.97 Å². The van der Waals surface area contributed by atoms with Crippen LogP contribution in [0.2, 0.25) is 0 Å². The van der Waals surface area contributed by atoms with Gasteiger partial charge < -0.3 is 20.1 Å². The number of nitrogens with one attached hydrogen (secondary N) is 1. The molecule has 0 aromatic rings. The van der Waals surface area contributed by atoms with Crippen LogP contribution in [0.4, 0.5) is 0 Å². The summed E-state index contributed by atoms with van der Waals surface area (Å²) in [4.78, 5) is 25.2. The third-order valence-electron chi connectivity index (χ3n) is 3.39. The van der Waals surface area contributed by atoms with Crippen molar-refractivity contribution in [1.82, 2.24) is 10.2 Å². The molecule has 1 amide bonds. The number of aliphatic hydroxyl groups excluding tert-OH is 1. The van der Waals surface area contributed by atoms with Crippen molar-refractivity contribution >= 4 is 11.9 Å². The number of ether oxygens (including phenoxy) is 1. The topological polar surface area (TPSA) is 78.9 Å². The number of esters is 1. The summed E-state index contributed by atoms with van der Waals surface area (Å²) in [5.41, 5.74) is 0. The van der Waals surface area contributed by atoms with Crippen LogP contribution in [0, 0.1) is 0 Å². The number of methoxy groups -OCH3 is 1. The highest BCUT2D eigenvalue weighted by Crippen LogP contribution is 2.21. The lowest BCUT2D eigenvalue weighted by molar-refractivity contribution is -0.151. The van der Waals surface area contributed by atoms with Crippen LogP contribution in [-0.4, -0.2) is 60.3 Å². The number of β-amino-alcohol motifs (C(OH)–C–C–N with tert-alkyl or cyclic N) is 1. The highest BCUT2D eigenvalue weighted by molar-refractivity contribution is 5.88. The van der Waals surface area contributed by atoms with E-state index in [-0.39, 0.29) is 24.9 Å². The second-order valence-corrected chi connectivity index (χ2v) is 4.57. The lowest BCUT2D eigenvalue weighted by Crippen LogP contribution is -2.48. The van der Waals surface area contributed by atoms with Crippen LogP contribution in [-0.2, 0) is 14.3 Å². The molecule has 17 heavy (non-hydrogen) atoms. The summed E-state index contributed by atoms with van der Waals surface area (Å²) in [5, 5.41) is 12.7. The predicted molar refractivity (Wildman–Crippen MR) is 59.2 cm³/mol. The quantitative estimate of drug-likeness (QED) is 0.599. The molecule has 3 atom stereocenters. The molecule has 2 rings (SSSR count). The van der Waals surface area contributed by atoms with E-state index in [9.17, 15) is 14.7 Å². The molecule has 2 saturated heterocycles. The number of amides is 1. The van der Waals surface area contributed by atoms with E-state index >= 15 is 0 Å². The van der Waals surface area contributed by atoms with Gasteiger partial charge in [0.15, 0.2) is 0 Å². The van der Waals surface area contributed by atoms with E-state index in [1.54, 1.807) is 0 Å². The first-order valence-corrected chi connectivity index (χ1v) is 5.93. The molecule has 2 heterocycles. The zero-order chi connectivity index (χ0) is 12.4. The maximum Gasteiger partial charge on any atom is 0.328 e. The predicted octanol–water partition coefficient (Wildman–Crippen LogP) is -1.13. The first kappa shape index (κ1) is 12.3. The number of carbonyl (C=O) groups is 2. The monoisotopic (exact) mass is 242 g/mol. The number of carbonyl (C=O) groups excluding carboxylic acids is 2. The first-order valence-electron chi connectivity index (χ1n) is 5.93. The molecule has 2 aliphatic rings. The van der Waals surface area contributed by atoms with E-state index in [0.717, 1.165) is 19.4 Å². The number of hydrogen-bond donors (Lipinski definition) is 2. The van der Waals surface area contributed by atoms with E-state index < -0.39 is 18.1 Å². The molecule has 0 bridgehead atoms. The molecule has 6 nitrogen and oxygen atoms in total. The van der Waals surface area contributed by atoms with Gasteiger partial charge in [-0.1, -0.05) is 0 Å². The number of aliphatic hydroxyl groups is 1. The van der Waals surface area contributed by atoms with Gasteiger partial charge in [0.05, 0.1) is 19.3 Å². The Morgan fingerprint density at radius 2 is 2.24 bits per heavy atom. The number of rotatable bonds is 2. The molecule has 96 valence electrons. The standard InChI is InChI=1S/C11H18N2O4/c1-17-11(16)9-5-7(14)6-13(9)10(15)8-3-2-4-12-8/h7-9,12,14H,2-6H2,1H3/t7-,8+,9+/m1/s1. The zero-order valence-corrected chi connectivity index (χ0v) is 9.89. The van der Waals surface area contributed by atoms with Gasteiger partial charge in [0.1, 0.15) is 6.04 Å². The molecular formula is C11H18N2O4.